The number of nitrogens with zero attached hydrogens (tertiary/aromatic N) is 1. The van der Waals surface area contributed by atoms with E-state index in [0.717, 1.165) is 11.3 Å². The van der Waals surface area contributed by atoms with E-state index in [1.54, 1.807) is 24.4 Å². The molecule has 4 nitrogen and oxygen atoms in total. The van der Waals surface area contributed by atoms with Crippen LogP contribution in [0.3, 0.4) is 0 Å². The topological polar surface area (TPSA) is 54.0 Å². The summed E-state index contributed by atoms with van der Waals surface area (Å²) in [5.74, 6) is -0.259. The molecule has 0 spiro atoms. The molecule has 0 fully saturated rings. The van der Waals surface area contributed by atoms with Gasteiger partial charge in [0.05, 0.1) is 11.7 Å². The number of aromatic nitrogens is 1. The van der Waals surface area contributed by atoms with Crippen LogP contribution in [0.15, 0.2) is 79.0 Å². The number of carbonyl (C=O) groups excluding carboxylic acids is 1. The van der Waals surface area contributed by atoms with Gasteiger partial charge in [-0.15, -0.1) is 0 Å². The average molecular weight is 349 g/mol. The van der Waals surface area contributed by atoms with Crippen LogP contribution in [0.4, 0.5) is 9.18 Å². The predicted molar refractivity (Wildman–Crippen MR) is 99.2 cm³/mol. The Bertz CT molecular complexity index is 801. The van der Waals surface area contributed by atoms with Gasteiger partial charge in [0.2, 0.25) is 0 Å². The lowest BCUT2D eigenvalue weighted by Gasteiger charge is -2.19. The highest BCUT2D eigenvalue weighted by molar-refractivity contribution is 5.75. The van der Waals surface area contributed by atoms with Crippen LogP contribution in [0.1, 0.15) is 22.9 Å². The van der Waals surface area contributed by atoms with E-state index in [1.807, 2.05) is 48.5 Å². The van der Waals surface area contributed by atoms with Crippen molar-refractivity contribution in [1.82, 2.24) is 15.6 Å². The molecule has 0 aliphatic carbocycles. The number of urea groups is 1. The summed E-state index contributed by atoms with van der Waals surface area (Å²) >= 11 is 0. The van der Waals surface area contributed by atoms with Crippen molar-refractivity contribution in [3.05, 3.63) is 102 Å². The summed E-state index contributed by atoms with van der Waals surface area (Å²) in [6.07, 6.45) is 2.13. The van der Waals surface area contributed by atoms with E-state index >= 15 is 0 Å². The SMILES string of the molecule is O=C(NCCc1ccccc1F)N[C@H](c1ccccc1)c1ccccn1. The second kappa shape index (κ2) is 8.76. The first kappa shape index (κ1) is 17.6. The first-order chi connectivity index (χ1) is 12.7. The lowest BCUT2D eigenvalue weighted by molar-refractivity contribution is 0.238. The Morgan fingerprint density at radius 3 is 2.42 bits per heavy atom. The van der Waals surface area contributed by atoms with E-state index in [0.29, 0.717) is 18.5 Å². The molecule has 1 aromatic heterocycles. The van der Waals surface area contributed by atoms with Gasteiger partial charge in [0.1, 0.15) is 5.82 Å². The summed E-state index contributed by atoms with van der Waals surface area (Å²) in [6, 6.07) is 21.1. The monoisotopic (exact) mass is 349 g/mol. The molecule has 2 aromatic carbocycles. The highest BCUT2D eigenvalue weighted by Gasteiger charge is 2.17. The van der Waals surface area contributed by atoms with Crippen LogP contribution < -0.4 is 10.6 Å². The van der Waals surface area contributed by atoms with Crippen molar-refractivity contribution < 1.29 is 9.18 Å². The molecule has 26 heavy (non-hydrogen) atoms. The van der Waals surface area contributed by atoms with Gasteiger partial charge in [-0.05, 0) is 35.7 Å². The van der Waals surface area contributed by atoms with E-state index in [-0.39, 0.29) is 17.9 Å². The van der Waals surface area contributed by atoms with Gasteiger partial charge in [0.15, 0.2) is 0 Å². The Morgan fingerprint density at radius 1 is 0.962 bits per heavy atom. The molecule has 1 atom stereocenters. The number of amides is 2. The van der Waals surface area contributed by atoms with Crippen molar-refractivity contribution in [2.45, 2.75) is 12.5 Å². The highest BCUT2D eigenvalue weighted by atomic mass is 19.1. The molecule has 0 radical (unpaired) electrons. The number of pyridine rings is 1. The molecular weight excluding hydrogens is 329 g/mol. The minimum absolute atomic E-state index is 0.259. The van der Waals surface area contributed by atoms with Gasteiger partial charge in [-0.25, -0.2) is 9.18 Å². The molecule has 0 aliphatic rings. The predicted octanol–water partition coefficient (Wildman–Crippen LogP) is 3.85. The van der Waals surface area contributed by atoms with Crippen molar-refractivity contribution in [3.63, 3.8) is 0 Å². The quantitative estimate of drug-likeness (QED) is 0.710. The van der Waals surface area contributed by atoms with Gasteiger partial charge in [-0.1, -0.05) is 54.6 Å². The zero-order valence-electron chi connectivity index (χ0n) is 14.2. The molecule has 0 unspecified atom stereocenters. The molecular formula is C21H20FN3O. The summed E-state index contributed by atoms with van der Waals surface area (Å²) in [5.41, 5.74) is 2.27. The van der Waals surface area contributed by atoms with Crippen molar-refractivity contribution in [2.24, 2.45) is 0 Å². The van der Waals surface area contributed by atoms with Crippen LogP contribution in [0.5, 0.6) is 0 Å². The molecule has 0 saturated carbocycles. The van der Waals surface area contributed by atoms with E-state index in [2.05, 4.69) is 15.6 Å². The van der Waals surface area contributed by atoms with Crippen LogP contribution in [-0.2, 0) is 6.42 Å². The third-order valence-corrected chi connectivity index (χ3v) is 4.03. The lowest BCUT2D eigenvalue weighted by Crippen LogP contribution is -2.39. The molecule has 2 N–H and O–H groups in total. The molecule has 0 bridgehead atoms. The van der Waals surface area contributed by atoms with Crippen LogP contribution in [0.25, 0.3) is 0 Å². The standard InChI is InChI=1S/C21H20FN3O/c22-18-11-5-4-8-16(18)13-15-24-21(26)25-20(17-9-2-1-3-10-17)19-12-6-7-14-23-19/h1-12,14,20H,13,15H2,(H2,24,25,26)/t20-/m1/s1. The van der Waals surface area contributed by atoms with Crippen molar-refractivity contribution in [3.8, 4) is 0 Å². The largest absolute Gasteiger partial charge is 0.338 e. The van der Waals surface area contributed by atoms with Gasteiger partial charge >= 0.3 is 6.03 Å². The number of nitrogens with one attached hydrogen (secondary N) is 2. The van der Waals surface area contributed by atoms with Gasteiger partial charge in [0.25, 0.3) is 0 Å². The molecule has 132 valence electrons. The maximum atomic E-state index is 13.6. The minimum atomic E-state index is -0.356. The number of hydrogen-bond donors (Lipinski definition) is 2. The van der Waals surface area contributed by atoms with Crippen LogP contribution in [-0.4, -0.2) is 17.6 Å². The van der Waals surface area contributed by atoms with Crippen molar-refractivity contribution >= 4 is 6.03 Å². The van der Waals surface area contributed by atoms with E-state index in [9.17, 15) is 9.18 Å². The van der Waals surface area contributed by atoms with Crippen LogP contribution in [0.2, 0.25) is 0 Å². The second-order valence-electron chi connectivity index (χ2n) is 5.84. The van der Waals surface area contributed by atoms with Crippen LogP contribution in [0, 0.1) is 5.82 Å². The highest BCUT2D eigenvalue weighted by Crippen LogP contribution is 2.19. The molecule has 5 heteroatoms. The number of hydrogen-bond acceptors (Lipinski definition) is 2. The van der Waals surface area contributed by atoms with Crippen molar-refractivity contribution in [2.75, 3.05) is 6.54 Å². The van der Waals surface area contributed by atoms with Crippen LogP contribution >= 0.6 is 0 Å². The molecule has 2 amide bonds. The normalized spacial score (nSPS) is 11.6. The smallest absolute Gasteiger partial charge is 0.315 e. The fourth-order valence-corrected chi connectivity index (χ4v) is 2.71. The molecule has 1 heterocycles. The summed E-state index contributed by atoms with van der Waals surface area (Å²) in [4.78, 5) is 16.7. The number of halogens is 1. The molecule has 3 rings (SSSR count). The zero-order valence-corrected chi connectivity index (χ0v) is 14.2. The third-order valence-electron chi connectivity index (χ3n) is 4.03. The summed E-state index contributed by atoms with van der Waals surface area (Å²) in [5, 5.41) is 5.73. The Labute approximate surface area is 152 Å². The second-order valence-corrected chi connectivity index (χ2v) is 5.84. The van der Waals surface area contributed by atoms with E-state index < -0.39 is 0 Å². The first-order valence-electron chi connectivity index (χ1n) is 8.47. The fourth-order valence-electron chi connectivity index (χ4n) is 2.71. The third kappa shape index (κ3) is 4.66. The Morgan fingerprint density at radius 2 is 1.69 bits per heavy atom. The molecule has 3 aromatic rings. The van der Waals surface area contributed by atoms with Gasteiger partial charge in [-0.2, -0.15) is 0 Å². The first-order valence-corrected chi connectivity index (χ1v) is 8.47. The molecule has 0 saturated heterocycles. The maximum absolute atomic E-state index is 13.6. The zero-order chi connectivity index (χ0) is 18.2. The number of rotatable bonds is 6. The molecule has 0 aliphatic heterocycles. The fraction of sp³-hybridized carbons (Fsp3) is 0.143. The maximum Gasteiger partial charge on any atom is 0.315 e. The summed E-state index contributed by atoms with van der Waals surface area (Å²) in [7, 11) is 0. The Hall–Kier alpha value is -3.21. The Balaban J connectivity index is 1.63. The van der Waals surface area contributed by atoms with E-state index in [1.165, 1.54) is 6.07 Å². The minimum Gasteiger partial charge on any atom is -0.338 e. The number of benzene rings is 2. The Kier molecular flexibility index (Phi) is 5.93. The number of carbonyl (C=O) groups is 1. The van der Waals surface area contributed by atoms with E-state index in [4.69, 9.17) is 0 Å². The van der Waals surface area contributed by atoms with Crippen molar-refractivity contribution in [1.29, 1.82) is 0 Å². The summed E-state index contributed by atoms with van der Waals surface area (Å²) in [6.45, 7) is 0.344. The van der Waals surface area contributed by atoms with Gasteiger partial charge < -0.3 is 10.6 Å². The van der Waals surface area contributed by atoms with Gasteiger partial charge in [-0.3, -0.25) is 4.98 Å². The van der Waals surface area contributed by atoms with Gasteiger partial charge in [0, 0.05) is 12.7 Å². The average Bonchev–Trinajstić information content (AvgIpc) is 2.69. The summed E-state index contributed by atoms with van der Waals surface area (Å²) < 4.78 is 13.6. The lowest BCUT2D eigenvalue weighted by atomic mass is 10.0.